The summed E-state index contributed by atoms with van der Waals surface area (Å²) in [6.45, 7) is -0.363. The number of aliphatic hydroxyl groups is 1. The largest absolute Gasteiger partial charge is 0.459 e. The Morgan fingerprint density at radius 3 is 2.08 bits per heavy atom. The second kappa shape index (κ2) is 8.07. The predicted molar refractivity (Wildman–Crippen MR) is 88.1 cm³/mol. The molecule has 0 radical (unpaired) electrons. The minimum atomic E-state index is -1.94. The van der Waals surface area contributed by atoms with Crippen LogP contribution >= 0.6 is 0 Å². The molecule has 1 N–H and O–H groups in total. The van der Waals surface area contributed by atoms with Crippen LogP contribution < -0.4 is 0 Å². The van der Waals surface area contributed by atoms with E-state index in [4.69, 9.17) is 14.2 Å². The molecule has 1 saturated heterocycles. The Morgan fingerprint density at radius 2 is 1.50 bits per heavy atom. The number of hydrogen-bond acceptors (Lipinski definition) is 6. The van der Waals surface area contributed by atoms with Gasteiger partial charge in [0.25, 0.3) is 0 Å². The van der Waals surface area contributed by atoms with Crippen LogP contribution in [-0.4, -0.2) is 48.3 Å². The van der Waals surface area contributed by atoms with Crippen molar-refractivity contribution < 1.29 is 33.3 Å². The van der Waals surface area contributed by atoms with E-state index in [1.165, 1.54) is 12.1 Å². The molecule has 0 aliphatic carbocycles. The van der Waals surface area contributed by atoms with Gasteiger partial charge in [0, 0.05) is 0 Å². The summed E-state index contributed by atoms with van der Waals surface area (Å²) in [4.78, 5) is 24.1. The van der Waals surface area contributed by atoms with Gasteiger partial charge < -0.3 is 19.3 Å². The molecule has 3 rings (SSSR count). The Morgan fingerprint density at radius 1 is 0.962 bits per heavy atom. The van der Waals surface area contributed by atoms with Crippen molar-refractivity contribution in [3.63, 3.8) is 0 Å². The normalized spacial score (nSPS) is 24.8. The number of carbonyl (C=O) groups is 2. The topological polar surface area (TPSA) is 82.1 Å². The molecule has 2 aromatic carbocycles. The van der Waals surface area contributed by atoms with Crippen molar-refractivity contribution in [2.24, 2.45) is 0 Å². The van der Waals surface area contributed by atoms with E-state index in [-0.39, 0.29) is 12.2 Å². The van der Waals surface area contributed by atoms with Crippen molar-refractivity contribution in [2.45, 2.75) is 24.7 Å². The third-order valence-electron chi connectivity index (χ3n) is 3.91. The molecule has 0 saturated carbocycles. The van der Waals surface area contributed by atoms with Crippen molar-refractivity contribution in [1.82, 2.24) is 0 Å². The summed E-state index contributed by atoms with van der Waals surface area (Å²) in [5.74, 6) is -1.38. The van der Waals surface area contributed by atoms with Gasteiger partial charge in [0.15, 0.2) is 18.6 Å². The first-order valence-corrected chi connectivity index (χ1v) is 8.02. The molecule has 0 bridgehead atoms. The summed E-state index contributed by atoms with van der Waals surface area (Å²) in [6.07, 6.45) is -6.20. The number of carbonyl (C=O) groups excluding carboxylic acids is 2. The molecule has 1 aliphatic heterocycles. The van der Waals surface area contributed by atoms with E-state index in [0.717, 1.165) is 0 Å². The average molecular weight is 360 g/mol. The lowest BCUT2D eigenvalue weighted by atomic mass is 10.1. The van der Waals surface area contributed by atoms with Gasteiger partial charge in [-0.1, -0.05) is 36.4 Å². The summed E-state index contributed by atoms with van der Waals surface area (Å²) in [6, 6.07) is 16.3. The van der Waals surface area contributed by atoms with Gasteiger partial charge >= 0.3 is 11.9 Å². The molecule has 1 fully saturated rings. The summed E-state index contributed by atoms with van der Waals surface area (Å²) >= 11 is 0. The summed E-state index contributed by atoms with van der Waals surface area (Å²) in [5.41, 5.74) is 0.557. The maximum absolute atomic E-state index is 14.2. The van der Waals surface area contributed by atoms with Crippen molar-refractivity contribution in [3.05, 3.63) is 71.8 Å². The highest BCUT2D eigenvalue weighted by molar-refractivity contribution is 5.90. The van der Waals surface area contributed by atoms with E-state index < -0.39 is 36.6 Å². The van der Waals surface area contributed by atoms with Gasteiger partial charge in [0.05, 0.1) is 11.1 Å². The molecule has 0 spiro atoms. The first-order chi connectivity index (χ1) is 12.6. The molecule has 2 aromatic rings. The predicted octanol–water partition coefficient (Wildman–Crippen LogP) is 2.12. The van der Waals surface area contributed by atoms with Crippen LogP contribution in [-0.2, 0) is 14.2 Å². The average Bonchev–Trinajstić information content (AvgIpc) is 2.95. The zero-order valence-electron chi connectivity index (χ0n) is 13.7. The molecule has 1 aliphatic rings. The summed E-state index contributed by atoms with van der Waals surface area (Å²) < 4.78 is 29.4. The van der Waals surface area contributed by atoms with E-state index in [0.29, 0.717) is 5.56 Å². The molecule has 4 atom stereocenters. The fraction of sp³-hybridized carbons (Fsp3) is 0.263. The number of esters is 2. The van der Waals surface area contributed by atoms with Crippen LogP contribution in [0, 0.1) is 0 Å². The van der Waals surface area contributed by atoms with Crippen LogP contribution in [0.3, 0.4) is 0 Å². The Labute approximate surface area is 149 Å². The van der Waals surface area contributed by atoms with Gasteiger partial charge in [0.2, 0.25) is 0 Å². The molecule has 1 heterocycles. The van der Waals surface area contributed by atoms with E-state index >= 15 is 0 Å². The minimum Gasteiger partial charge on any atom is -0.459 e. The molecule has 136 valence electrons. The standard InChI is InChI=1S/C19H17FO6/c20-15-16(26-18(22)13-9-5-2-6-10-13)14(25-19(15)23)11-24-17(21)12-7-3-1-4-8-12/h1-10,14-16,19,23H,11H2/t14-,15?,16?,19+/m1/s1. The van der Waals surface area contributed by atoms with Crippen LogP contribution in [0.2, 0.25) is 0 Å². The highest BCUT2D eigenvalue weighted by Crippen LogP contribution is 2.26. The third-order valence-corrected chi connectivity index (χ3v) is 3.91. The third kappa shape index (κ3) is 4.07. The quantitative estimate of drug-likeness (QED) is 0.823. The van der Waals surface area contributed by atoms with Crippen molar-refractivity contribution >= 4 is 11.9 Å². The number of alkyl halides is 1. The molecule has 0 aromatic heterocycles. The zero-order valence-corrected chi connectivity index (χ0v) is 13.7. The van der Waals surface area contributed by atoms with Crippen LogP contribution in [0.4, 0.5) is 4.39 Å². The molecular formula is C19H17FO6. The van der Waals surface area contributed by atoms with Crippen LogP contribution in [0.15, 0.2) is 60.7 Å². The Balaban J connectivity index is 1.63. The lowest BCUT2D eigenvalue weighted by Crippen LogP contribution is -2.37. The SMILES string of the molecule is O=C(OC[C@H]1O[C@H](O)C(F)C1OC(=O)c1ccccc1)c1ccccc1. The molecule has 0 amide bonds. The number of benzene rings is 2. The van der Waals surface area contributed by atoms with Crippen LogP contribution in [0.25, 0.3) is 0 Å². The fourth-order valence-corrected chi connectivity index (χ4v) is 2.56. The number of rotatable bonds is 5. The highest BCUT2D eigenvalue weighted by atomic mass is 19.1. The lowest BCUT2D eigenvalue weighted by molar-refractivity contribution is -0.122. The Bertz CT molecular complexity index is 751. The van der Waals surface area contributed by atoms with Gasteiger partial charge in [-0.25, -0.2) is 14.0 Å². The molecule has 26 heavy (non-hydrogen) atoms. The lowest BCUT2D eigenvalue weighted by Gasteiger charge is -2.19. The van der Waals surface area contributed by atoms with Gasteiger partial charge in [-0.2, -0.15) is 0 Å². The van der Waals surface area contributed by atoms with Gasteiger partial charge in [0.1, 0.15) is 12.7 Å². The smallest absolute Gasteiger partial charge is 0.338 e. The maximum Gasteiger partial charge on any atom is 0.338 e. The van der Waals surface area contributed by atoms with Crippen LogP contribution in [0.1, 0.15) is 20.7 Å². The zero-order chi connectivity index (χ0) is 18.5. The second-order valence-electron chi connectivity index (χ2n) is 5.71. The highest BCUT2D eigenvalue weighted by Gasteiger charge is 2.47. The Kier molecular flexibility index (Phi) is 5.60. The van der Waals surface area contributed by atoms with Crippen molar-refractivity contribution in [2.75, 3.05) is 6.61 Å². The van der Waals surface area contributed by atoms with Gasteiger partial charge in [-0.15, -0.1) is 0 Å². The Hall–Kier alpha value is -2.77. The van der Waals surface area contributed by atoms with E-state index in [9.17, 15) is 19.1 Å². The number of halogens is 1. The summed E-state index contributed by atoms with van der Waals surface area (Å²) in [7, 11) is 0. The monoisotopic (exact) mass is 360 g/mol. The van der Waals surface area contributed by atoms with E-state index in [1.807, 2.05) is 0 Å². The first-order valence-electron chi connectivity index (χ1n) is 8.02. The second-order valence-corrected chi connectivity index (χ2v) is 5.71. The molecule has 7 heteroatoms. The fourth-order valence-electron chi connectivity index (χ4n) is 2.56. The van der Waals surface area contributed by atoms with Crippen molar-refractivity contribution in [1.29, 1.82) is 0 Å². The van der Waals surface area contributed by atoms with Gasteiger partial charge in [-0.3, -0.25) is 0 Å². The van der Waals surface area contributed by atoms with E-state index in [1.54, 1.807) is 48.5 Å². The number of ether oxygens (including phenoxy) is 3. The van der Waals surface area contributed by atoms with Crippen molar-refractivity contribution in [3.8, 4) is 0 Å². The number of aliphatic hydroxyl groups excluding tert-OH is 1. The molecular weight excluding hydrogens is 343 g/mol. The maximum atomic E-state index is 14.2. The van der Waals surface area contributed by atoms with E-state index in [2.05, 4.69) is 0 Å². The first kappa shape index (κ1) is 18.0. The number of hydrogen-bond donors (Lipinski definition) is 1. The molecule has 2 unspecified atom stereocenters. The minimum absolute atomic E-state index is 0.237. The van der Waals surface area contributed by atoms with Gasteiger partial charge in [-0.05, 0) is 24.3 Å². The summed E-state index contributed by atoms with van der Waals surface area (Å²) in [5, 5.41) is 9.58. The van der Waals surface area contributed by atoms with Crippen LogP contribution in [0.5, 0.6) is 0 Å². The molecule has 6 nitrogen and oxygen atoms in total.